The number of halogens is 3. The zero-order valence-corrected chi connectivity index (χ0v) is 18.2. The number of allylic oxidation sites excluding steroid dienone is 2. The van der Waals surface area contributed by atoms with Crippen LogP contribution in [0.1, 0.15) is 66.0 Å². The SMILES string of the molecule is CC.COc1c(O)c(C)c(C(C)(C)/C=C(\C)CC(C)C)c(O)c1OC(F)(F)F. The molecule has 0 spiro atoms. The molecule has 0 saturated carbocycles. The molecule has 0 aromatic heterocycles. The van der Waals surface area contributed by atoms with E-state index in [1.807, 2.05) is 26.8 Å². The van der Waals surface area contributed by atoms with Gasteiger partial charge in [-0.15, -0.1) is 13.2 Å². The second-order valence-electron chi connectivity index (χ2n) is 7.42. The normalized spacial score (nSPS) is 12.5. The van der Waals surface area contributed by atoms with Crippen LogP contribution in [0.3, 0.4) is 0 Å². The molecule has 1 aromatic rings. The van der Waals surface area contributed by atoms with Crippen LogP contribution in [0.25, 0.3) is 0 Å². The molecule has 0 unspecified atom stereocenters. The summed E-state index contributed by atoms with van der Waals surface area (Å²) in [7, 11) is 1.09. The van der Waals surface area contributed by atoms with Gasteiger partial charge in [0.05, 0.1) is 7.11 Å². The Balaban J connectivity index is 0.00000352. The lowest BCUT2D eigenvalue weighted by Gasteiger charge is -2.28. The molecular formula is C21H33F3O4. The molecule has 4 nitrogen and oxygen atoms in total. The average molecular weight is 406 g/mol. The Hall–Kier alpha value is -2.05. The van der Waals surface area contributed by atoms with Gasteiger partial charge in [0.15, 0.2) is 11.5 Å². The summed E-state index contributed by atoms with van der Waals surface area (Å²) >= 11 is 0. The van der Waals surface area contributed by atoms with Crippen LogP contribution in [0, 0.1) is 12.8 Å². The van der Waals surface area contributed by atoms with Crippen LogP contribution in [-0.4, -0.2) is 23.7 Å². The summed E-state index contributed by atoms with van der Waals surface area (Å²) in [5.41, 5.74) is 0.559. The van der Waals surface area contributed by atoms with E-state index >= 15 is 0 Å². The maximum absolute atomic E-state index is 12.8. The average Bonchev–Trinajstić information content (AvgIpc) is 2.52. The van der Waals surface area contributed by atoms with Gasteiger partial charge in [-0.05, 0) is 26.2 Å². The zero-order chi connectivity index (χ0) is 22.4. The molecule has 0 heterocycles. The van der Waals surface area contributed by atoms with Gasteiger partial charge in [0.1, 0.15) is 0 Å². The van der Waals surface area contributed by atoms with Crippen LogP contribution >= 0.6 is 0 Å². The minimum absolute atomic E-state index is 0.151. The van der Waals surface area contributed by atoms with E-state index < -0.39 is 34.8 Å². The fraction of sp³-hybridized carbons (Fsp3) is 0.619. The third-order valence-corrected chi connectivity index (χ3v) is 4.01. The van der Waals surface area contributed by atoms with Crippen molar-refractivity contribution in [3.63, 3.8) is 0 Å². The Kier molecular flexibility index (Phi) is 9.21. The van der Waals surface area contributed by atoms with Crippen molar-refractivity contribution in [2.45, 2.75) is 73.6 Å². The van der Waals surface area contributed by atoms with E-state index in [0.29, 0.717) is 5.92 Å². The molecule has 28 heavy (non-hydrogen) atoms. The summed E-state index contributed by atoms with van der Waals surface area (Å²) in [5.74, 6) is -2.29. The monoisotopic (exact) mass is 406 g/mol. The zero-order valence-electron chi connectivity index (χ0n) is 18.2. The van der Waals surface area contributed by atoms with Crippen molar-refractivity contribution >= 4 is 0 Å². The Bertz CT molecular complexity index is 690. The van der Waals surface area contributed by atoms with Gasteiger partial charge in [0, 0.05) is 16.5 Å². The largest absolute Gasteiger partial charge is 0.573 e. The maximum Gasteiger partial charge on any atom is 0.573 e. The van der Waals surface area contributed by atoms with E-state index in [1.165, 1.54) is 6.92 Å². The number of methoxy groups -OCH3 is 1. The summed E-state index contributed by atoms with van der Waals surface area (Å²) in [6.07, 6.45) is -2.37. The highest BCUT2D eigenvalue weighted by Gasteiger charge is 2.38. The number of hydrogen-bond donors (Lipinski definition) is 2. The number of ether oxygens (including phenoxy) is 2. The van der Waals surface area contributed by atoms with Gasteiger partial charge < -0.3 is 19.7 Å². The molecule has 1 rings (SSSR count). The quantitative estimate of drug-likeness (QED) is 0.412. The van der Waals surface area contributed by atoms with Crippen molar-refractivity contribution in [1.82, 2.24) is 0 Å². The number of phenols is 2. The second kappa shape index (κ2) is 9.94. The molecule has 2 N–H and O–H groups in total. The fourth-order valence-corrected chi connectivity index (χ4v) is 3.37. The lowest BCUT2D eigenvalue weighted by molar-refractivity contribution is -0.275. The molecule has 0 fully saturated rings. The topological polar surface area (TPSA) is 58.9 Å². The predicted molar refractivity (Wildman–Crippen MR) is 105 cm³/mol. The van der Waals surface area contributed by atoms with Crippen LogP contribution in [0.5, 0.6) is 23.0 Å². The number of alkyl halides is 3. The van der Waals surface area contributed by atoms with E-state index in [4.69, 9.17) is 4.74 Å². The Morgan fingerprint density at radius 2 is 1.57 bits per heavy atom. The van der Waals surface area contributed by atoms with Gasteiger partial charge in [-0.3, -0.25) is 0 Å². The van der Waals surface area contributed by atoms with Gasteiger partial charge in [-0.1, -0.05) is 53.2 Å². The summed E-state index contributed by atoms with van der Waals surface area (Å²) in [5, 5.41) is 20.9. The first-order valence-electron chi connectivity index (χ1n) is 9.28. The number of aromatic hydroxyl groups is 2. The molecule has 0 radical (unpaired) electrons. The van der Waals surface area contributed by atoms with Crippen molar-refractivity contribution in [3.05, 3.63) is 22.8 Å². The van der Waals surface area contributed by atoms with Crippen LogP contribution in [-0.2, 0) is 5.41 Å². The van der Waals surface area contributed by atoms with E-state index in [9.17, 15) is 23.4 Å². The molecule has 0 aliphatic carbocycles. The molecule has 0 saturated heterocycles. The second-order valence-corrected chi connectivity index (χ2v) is 7.42. The fourth-order valence-electron chi connectivity index (χ4n) is 3.37. The molecule has 0 atom stereocenters. The van der Waals surface area contributed by atoms with Gasteiger partial charge >= 0.3 is 6.36 Å². The number of phenolic OH excluding ortho intramolecular Hbond substituents is 2. The highest BCUT2D eigenvalue weighted by molar-refractivity contribution is 5.68. The van der Waals surface area contributed by atoms with Crippen LogP contribution < -0.4 is 9.47 Å². The van der Waals surface area contributed by atoms with Gasteiger partial charge in [-0.25, -0.2) is 0 Å². The summed E-state index contributed by atoms with van der Waals surface area (Å²) in [4.78, 5) is 0. The van der Waals surface area contributed by atoms with Crippen molar-refractivity contribution in [2.75, 3.05) is 7.11 Å². The molecule has 0 aliphatic rings. The Morgan fingerprint density at radius 3 is 1.96 bits per heavy atom. The lowest BCUT2D eigenvalue weighted by atomic mass is 9.78. The van der Waals surface area contributed by atoms with E-state index in [2.05, 4.69) is 18.6 Å². The molecule has 0 aliphatic heterocycles. The lowest BCUT2D eigenvalue weighted by Crippen LogP contribution is -2.21. The third-order valence-electron chi connectivity index (χ3n) is 4.01. The molecule has 1 aromatic carbocycles. The highest BCUT2D eigenvalue weighted by Crippen LogP contribution is 2.53. The molecular weight excluding hydrogens is 373 g/mol. The smallest absolute Gasteiger partial charge is 0.504 e. The van der Waals surface area contributed by atoms with Crippen molar-refractivity contribution < 1.29 is 32.9 Å². The molecule has 0 bridgehead atoms. The van der Waals surface area contributed by atoms with Gasteiger partial charge in [0.2, 0.25) is 11.5 Å². The first kappa shape index (κ1) is 26.0. The van der Waals surface area contributed by atoms with E-state index in [1.54, 1.807) is 13.8 Å². The molecule has 162 valence electrons. The van der Waals surface area contributed by atoms with E-state index in [-0.39, 0.29) is 11.1 Å². The van der Waals surface area contributed by atoms with Crippen molar-refractivity contribution in [2.24, 2.45) is 5.92 Å². The summed E-state index contributed by atoms with van der Waals surface area (Å²) < 4.78 is 47.1. The van der Waals surface area contributed by atoms with Crippen LogP contribution in [0.4, 0.5) is 13.2 Å². The Morgan fingerprint density at radius 1 is 1.07 bits per heavy atom. The van der Waals surface area contributed by atoms with E-state index in [0.717, 1.165) is 19.1 Å². The molecule has 0 amide bonds. The predicted octanol–water partition coefficient (Wildman–Crippen LogP) is 6.61. The van der Waals surface area contributed by atoms with Gasteiger partial charge in [0.25, 0.3) is 0 Å². The number of benzene rings is 1. The number of rotatable bonds is 6. The summed E-state index contributed by atoms with van der Waals surface area (Å²) in [6.45, 7) is 15.1. The van der Waals surface area contributed by atoms with Crippen LogP contribution in [0.2, 0.25) is 0 Å². The molecule has 7 heteroatoms. The third kappa shape index (κ3) is 6.53. The minimum Gasteiger partial charge on any atom is -0.504 e. The number of hydrogen-bond acceptors (Lipinski definition) is 4. The van der Waals surface area contributed by atoms with Crippen molar-refractivity contribution in [1.29, 1.82) is 0 Å². The maximum atomic E-state index is 12.8. The van der Waals surface area contributed by atoms with Crippen molar-refractivity contribution in [3.8, 4) is 23.0 Å². The Labute approximate surface area is 166 Å². The van der Waals surface area contributed by atoms with Gasteiger partial charge in [-0.2, -0.15) is 0 Å². The van der Waals surface area contributed by atoms with Crippen LogP contribution in [0.15, 0.2) is 11.6 Å². The standard InChI is InChI=1S/C19H27F3O4.C2H6/c1-10(2)8-11(3)9-18(5,6)13-12(4)14(23)16(25-7)17(15(13)24)26-19(20,21)22;1-2/h9-10,23-24H,8H2,1-7H3;1-2H3/b11-9+;. The first-order valence-corrected chi connectivity index (χ1v) is 9.28. The minimum atomic E-state index is -5.04. The first-order chi connectivity index (χ1) is 12.7. The summed E-state index contributed by atoms with van der Waals surface area (Å²) in [6, 6.07) is 0. The highest BCUT2D eigenvalue weighted by atomic mass is 19.4.